The Bertz CT molecular complexity index is 251. The van der Waals surface area contributed by atoms with E-state index in [0.717, 1.165) is 25.7 Å². The second-order valence-electron chi connectivity index (χ2n) is 5.38. The number of hydrogen-bond acceptors (Lipinski definition) is 3. The summed E-state index contributed by atoms with van der Waals surface area (Å²) in [6, 6.07) is 0.407. The first-order valence-electron chi connectivity index (χ1n) is 8.18. The van der Waals surface area contributed by atoms with Crippen LogP contribution in [0.15, 0.2) is 12.2 Å². The van der Waals surface area contributed by atoms with Crippen LogP contribution in [0.2, 0.25) is 0 Å². The van der Waals surface area contributed by atoms with Gasteiger partial charge in [0.25, 0.3) is 0 Å². The summed E-state index contributed by atoms with van der Waals surface area (Å²) in [4.78, 5) is 11.5. The van der Waals surface area contributed by atoms with Crippen LogP contribution in [0.4, 0.5) is 0 Å². The number of hydrogen-bond donors (Lipinski definition) is 1. The first kappa shape index (κ1) is 19.2. The topological polar surface area (TPSA) is 38.3 Å². The minimum absolute atomic E-state index is 0.0424. The second-order valence-corrected chi connectivity index (χ2v) is 5.38. The first-order chi connectivity index (χ1) is 9.70. The SMILES string of the molecule is CC/C=C/CCCCCCCC(=O)OCCC(C)NC. The fourth-order valence-corrected chi connectivity index (χ4v) is 1.91. The zero-order valence-corrected chi connectivity index (χ0v) is 13.6. The van der Waals surface area contributed by atoms with Crippen molar-refractivity contribution in [2.45, 2.75) is 77.7 Å². The minimum Gasteiger partial charge on any atom is -0.466 e. The lowest BCUT2D eigenvalue weighted by Crippen LogP contribution is -2.23. The summed E-state index contributed by atoms with van der Waals surface area (Å²) in [5.41, 5.74) is 0. The predicted octanol–water partition coefficient (Wildman–Crippen LogP) is 4.22. The molecule has 0 aliphatic heterocycles. The predicted molar refractivity (Wildman–Crippen MR) is 85.8 cm³/mol. The Kier molecular flexibility index (Phi) is 14.0. The third-order valence-electron chi connectivity index (χ3n) is 3.46. The molecule has 1 atom stereocenters. The smallest absolute Gasteiger partial charge is 0.305 e. The third kappa shape index (κ3) is 13.6. The van der Waals surface area contributed by atoms with E-state index in [1.54, 1.807) is 0 Å². The lowest BCUT2D eigenvalue weighted by atomic mass is 10.1. The van der Waals surface area contributed by atoms with Crippen LogP contribution in [0.5, 0.6) is 0 Å². The van der Waals surface area contributed by atoms with E-state index in [4.69, 9.17) is 4.74 Å². The summed E-state index contributed by atoms with van der Waals surface area (Å²) in [6.45, 7) is 4.78. The van der Waals surface area contributed by atoms with Gasteiger partial charge in [0, 0.05) is 12.5 Å². The van der Waals surface area contributed by atoms with Crippen LogP contribution in [0, 0.1) is 0 Å². The Morgan fingerprint density at radius 2 is 1.85 bits per heavy atom. The van der Waals surface area contributed by atoms with Gasteiger partial charge in [0.15, 0.2) is 0 Å². The Hall–Kier alpha value is -0.830. The fourth-order valence-electron chi connectivity index (χ4n) is 1.91. The van der Waals surface area contributed by atoms with Gasteiger partial charge in [-0.25, -0.2) is 0 Å². The van der Waals surface area contributed by atoms with Gasteiger partial charge in [0.1, 0.15) is 0 Å². The Morgan fingerprint density at radius 1 is 1.15 bits per heavy atom. The van der Waals surface area contributed by atoms with Crippen molar-refractivity contribution in [1.29, 1.82) is 0 Å². The Balaban J connectivity index is 3.25. The molecule has 0 heterocycles. The maximum Gasteiger partial charge on any atom is 0.305 e. The van der Waals surface area contributed by atoms with Crippen molar-refractivity contribution in [2.75, 3.05) is 13.7 Å². The van der Waals surface area contributed by atoms with E-state index in [0.29, 0.717) is 19.1 Å². The van der Waals surface area contributed by atoms with Crippen LogP contribution in [0.3, 0.4) is 0 Å². The molecule has 0 fully saturated rings. The summed E-state index contributed by atoms with van der Waals surface area (Å²) in [7, 11) is 1.92. The molecule has 118 valence electrons. The molecule has 0 aromatic heterocycles. The van der Waals surface area contributed by atoms with E-state index in [-0.39, 0.29) is 5.97 Å². The van der Waals surface area contributed by atoms with Crippen molar-refractivity contribution >= 4 is 5.97 Å². The molecule has 0 aliphatic carbocycles. The fraction of sp³-hybridized carbons (Fsp3) is 0.824. The zero-order chi connectivity index (χ0) is 15.1. The Labute approximate surface area is 125 Å². The van der Waals surface area contributed by atoms with Crippen molar-refractivity contribution in [3.8, 4) is 0 Å². The number of carbonyl (C=O) groups is 1. The van der Waals surface area contributed by atoms with Gasteiger partial charge < -0.3 is 10.1 Å². The molecule has 0 saturated carbocycles. The van der Waals surface area contributed by atoms with Crippen LogP contribution >= 0.6 is 0 Å². The van der Waals surface area contributed by atoms with Crippen molar-refractivity contribution in [2.24, 2.45) is 0 Å². The molecule has 0 spiro atoms. The maximum absolute atomic E-state index is 11.5. The van der Waals surface area contributed by atoms with Crippen molar-refractivity contribution in [3.05, 3.63) is 12.2 Å². The average Bonchev–Trinajstić information content (AvgIpc) is 2.45. The summed E-state index contributed by atoms with van der Waals surface area (Å²) in [5.74, 6) is -0.0424. The molecule has 20 heavy (non-hydrogen) atoms. The quantitative estimate of drug-likeness (QED) is 0.312. The standard InChI is InChI=1S/C17H33NO2/c1-4-5-6-7-8-9-10-11-12-13-17(19)20-15-14-16(2)18-3/h5-6,16,18H,4,7-15H2,1-3H3/b6-5+. The van der Waals surface area contributed by atoms with E-state index in [1.165, 1.54) is 25.7 Å². The molecule has 3 nitrogen and oxygen atoms in total. The number of allylic oxidation sites excluding steroid dienone is 2. The second kappa shape index (κ2) is 14.6. The number of esters is 1. The molecule has 1 unspecified atom stereocenters. The van der Waals surface area contributed by atoms with Crippen LogP contribution < -0.4 is 5.32 Å². The maximum atomic E-state index is 11.5. The minimum atomic E-state index is -0.0424. The van der Waals surface area contributed by atoms with Gasteiger partial charge in [0.2, 0.25) is 0 Å². The van der Waals surface area contributed by atoms with Gasteiger partial charge >= 0.3 is 5.97 Å². The van der Waals surface area contributed by atoms with E-state index in [9.17, 15) is 4.79 Å². The number of ether oxygens (including phenoxy) is 1. The monoisotopic (exact) mass is 283 g/mol. The van der Waals surface area contributed by atoms with Gasteiger partial charge in [-0.2, -0.15) is 0 Å². The highest BCUT2D eigenvalue weighted by Gasteiger charge is 2.04. The van der Waals surface area contributed by atoms with E-state index in [1.807, 2.05) is 7.05 Å². The molecule has 0 saturated heterocycles. The van der Waals surface area contributed by atoms with Crippen LogP contribution in [0.25, 0.3) is 0 Å². The zero-order valence-electron chi connectivity index (χ0n) is 13.6. The molecule has 0 radical (unpaired) electrons. The molecule has 0 rings (SSSR count). The van der Waals surface area contributed by atoms with Gasteiger partial charge in [-0.15, -0.1) is 0 Å². The summed E-state index contributed by atoms with van der Waals surface area (Å²) in [6.07, 6.45) is 14.1. The van der Waals surface area contributed by atoms with E-state index < -0.39 is 0 Å². The summed E-state index contributed by atoms with van der Waals surface area (Å²) < 4.78 is 5.20. The molecule has 3 heteroatoms. The summed E-state index contributed by atoms with van der Waals surface area (Å²) in [5, 5.41) is 3.13. The van der Waals surface area contributed by atoms with E-state index >= 15 is 0 Å². The lowest BCUT2D eigenvalue weighted by molar-refractivity contribution is -0.144. The van der Waals surface area contributed by atoms with Crippen LogP contribution in [-0.2, 0) is 9.53 Å². The molecule has 0 aromatic carbocycles. The molecule has 0 amide bonds. The van der Waals surface area contributed by atoms with Crippen molar-refractivity contribution in [3.63, 3.8) is 0 Å². The number of carbonyl (C=O) groups excluding carboxylic acids is 1. The Morgan fingerprint density at radius 3 is 2.55 bits per heavy atom. The molecule has 1 N–H and O–H groups in total. The van der Waals surface area contributed by atoms with Crippen molar-refractivity contribution < 1.29 is 9.53 Å². The highest BCUT2D eigenvalue weighted by molar-refractivity contribution is 5.69. The number of nitrogens with one attached hydrogen (secondary N) is 1. The average molecular weight is 283 g/mol. The van der Waals surface area contributed by atoms with Crippen LogP contribution in [-0.4, -0.2) is 25.7 Å². The van der Waals surface area contributed by atoms with Crippen LogP contribution in [0.1, 0.15) is 71.6 Å². The number of rotatable bonds is 13. The molecule has 0 bridgehead atoms. The third-order valence-corrected chi connectivity index (χ3v) is 3.46. The normalized spacial score (nSPS) is 12.8. The number of unbranched alkanes of at least 4 members (excludes halogenated alkanes) is 5. The van der Waals surface area contributed by atoms with Gasteiger partial charge in [0.05, 0.1) is 6.61 Å². The molecular weight excluding hydrogens is 250 g/mol. The van der Waals surface area contributed by atoms with Gasteiger partial charge in [-0.05, 0) is 46.1 Å². The van der Waals surface area contributed by atoms with Crippen molar-refractivity contribution in [1.82, 2.24) is 5.32 Å². The largest absolute Gasteiger partial charge is 0.466 e. The first-order valence-corrected chi connectivity index (χ1v) is 8.18. The van der Waals surface area contributed by atoms with Gasteiger partial charge in [-0.1, -0.05) is 38.3 Å². The molecular formula is C17H33NO2. The van der Waals surface area contributed by atoms with Gasteiger partial charge in [-0.3, -0.25) is 4.79 Å². The van der Waals surface area contributed by atoms with E-state index in [2.05, 4.69) is 31.3 Å². The lowest BCUT2D eigenvalue weighted by Gasteiger charge is -2.10. The highest BCUT2D eigenvalue weighted by atomic mass is 16.5. The highest BCUT2D eigenvalue weighted by Crippen LogP contribution is 2.08. The molecule has 0 aliphatic rings. The summed E-state index contributed by atoms with van der Waals surface area (Å²) >= 11 is 0. The molecule has 0 aromatic rings.